The van der Waals surface area contributed by atoms with Crippen LogP contribution in [-0.2, 0) is 6.54 Å². The molecule has 0 atom stereocenters. The molecule has 0 aliphatic heterocycles. The standard InChI is InChI=1S/C14H12Cl2FN/c1-18-8-10-6-11(17)3-4-12(10)9-2-5-13(15)14(16)7-9/h2-7,18H,8H2,1H3. The van der Waals surface area contributed by atoms with E-state index in [4.69, 9.17) is 23.2 Å². The summed E-state index contributed by atoms with van der Waals surface area (Å²) in [5, 5.41) is 4.03. The summed E-state index contributed by atoms with van der Waals surface area (Å²) in [5.41, 5.74) is 2.76. The monoisotopic (exact) mass is 283 g/mol. The minimum Gasteiger partial charge on any atom is -0.316 e. The number of nitrogens with one attached hydrogen (secondary N) is 1. The Morgan fingerprint density at radius 2 is 1.83 bits per heavy atom. The second-order valence-corrected chi connectivity index (χ2v) is 4.78. The molecule has 1 nitrogen and oxygen atoms in total. The first-order valence-electron chi connectivity index (χ1n) is 5.50. The molecule has 1 N–H and O–H groups in total. The predicted octanol–water partition coefficient (Wildman–Crippen LogP) is 4.52. The SMILES string of the molecule is CNCc1cc(F)ccc1-c1ccc(Cl)c(Cl)c1. The zero-order chi connectivity index (χ0) is 13.1. The lowest BCUT2D eigenvalue weighted by Gasteiger charge is -2.10. The lowest BCUT2D eigenvalue weighted by molar-refractivity contribution is 0.624. The number of rotatable bonds is 3. The summed E-state index contributed by atoms with van der Waals surface area (Å²) in [6.45, 7) is 0.591. The van der Waals surface area contributed by atoms with Gasteiger partial charge in [0.05, 0.1) is 10.0 Å². The third kappa shape index (κ3) is 2.83. The molecule has 0 radical (unpaired) electrons. The van der Waals surface area contributed by atoms with E-state index in [9.17, 15) is 4.39 Å². The van der Waals surface area contributed by atoms with Crippen molar-refractivity contribution in [3.63, 3.8) is 0 Å². The first-order chi connectivity index (χ1) is 8.61. The van der Waals surface area contributed by atoms with Crippen LogP contribution in [0.3, 0.4) is 0 Å². The van der Waals surface area contributed by atoms with Crippen molar-refractivity contribution in [3.8, 4) is 11.1 Å². The van der Waals surface area contributed by atoms with Crippen molar-refractivity contribution in [2.45, 2.75) is 6.54 Å². The summed E-state index contributed by atoms with van der Waals surface area (Å²) in [6, 6.07) is 10.1. The highest BCUT2D eigenvalue weighted by Gasteiger charge is 2.08. The molecule has 4 heteroatoms. The van der Waals surface area contributed by atoms with E-state index in [2.05, 4.69) is 5.32 Å². The van der Waals surface area contributed by atoms with E-state index >= 15 is 0 Å². The lowest BCUT2D eigenvalue weighted by Crippen LogP contribution is -2.06. The molecule has 0 bridgehead atoms. The van der Waals surface area contributed by atoms with Crippen LogP contribution in [0.2, 0.25) is 10.0 Å². The Hall–Kier alpha value is -1.09. The van der Waals surface area contributed by atoms with Gasteiger partial charge in [-0.25, -0.2) is 4.39 Å². The van der Waals surface area contributed by atoms with Crippen LogP contribution < -0.4 is 5.32 Å². The second-order valence-electron chi connectivity index (χ2n) is 3.96. The molecule has 0 spiro atoms. The molecule has 0 unspecified atom stereocenters. The molecule has 0 aromatic heterocycles. The highest BCUT2D eigenvalue weighted by atomic mass is 35.5. The summed E-state index contributed by atoms with van der Waals surface area (Å²) in [6.07, 6.45) is 0. The van der Waals surface area contributed by atoms with Crippen molar-refractivity contribution in [2.24, 2.45) is 0 Å². The van der Waals surface area contributed by atoms with Crippen molar-refractivity contribution < 1.29 is 4.39 Å². The lowest BCUT2D eigenvalue weighted by atomic mass is 9.99. The van der Waals surface area contributed by atoms with Crippen LogP contribution in [0.5, 0.6) is 0 Å². The Balaban J connectivity index is 2.51. The van der Waals surface area contributed by atoms with E-state index in [-0.39, 0.29) is 5.82 Å². The van der Waals surface area contributed by atoms with Crippen LogP contribution in [-0.4, -0.2) is 7.05 Å². The van der Waals surface area contributed by atoms with E-state index in [1.54, 1.807) is 18.2 Å². The third-order valence-electron chi connectivity index (χ3n) is 2.67. The molecule has 2 aromatic carbocycles. The Morgan fingerprint density at radius 3 is 2.50 bits per heavy atom. The number of hydrogen-bond acceptors (Lipinski definition) is 1. The maximum absolute atomic E-state index is 13.3. The normalized spacial score (nSPS) is 10.7. The summed E-state index contributed by atoms with van der Waals surface area (Å²) < 4.78 is 13.3. The largest absolute Gasteiger partial charge is 0.316 e. The van der Waals surface area contributed by atoms with Crippen molar-refractivity contribution in [1.82, 2.24) is 5.32 Å². The van der Waals surface area contributed by atoms with Crippen molar-refractivity contribution in [3.05, 3.63) is 57.8 Å². The molecule has 0 heterocycles. The van der Waals surface area contributed by atoms with Crippen LogP contribution in [0.4, 0.5) is 4.39 Å². The maximum Gasteiger partial charge on any atom is 0.123 e. The molecule has 0 aliphatic carbocycles. The first-order valence-corrected chi connectivity index (χ1v) is 6.26. The molecule has 2 rings (SSSR count). The van der Waals surface area contributed by atoms with Crippen LogP contribution >= 0.6 is 23.2 Å². The van der Waals surface area contributed by atoms with E-state index in [0.29, 0.717) is 16.6 Å². The van der Waals surface area contributed by atoms with E-state index in [1.165, 1.54) is 12.1 Å². The summed E-state index contributed by atoms with van der Waals surface area (Å²) >= 11 is 11.9. The summed E-state index contributed by atoms with van der Waals surface area (Å²) in [4.78, 5) is 0. The van der Waals surface area contributed by atoms with Gasteiger partial charge in [-0.2, -0.15) is 0 Å². The molecular formula is C14H12Cl2FN. The molecule has 0 aliphatic rings. The molecule has 18 heavy (non-hydrogen) atoms. The number of halogens is 3. The van der Waals surface area contributed by atoms with Crippen molar-refractivity contribution in [2.75, 3.05) is 7.05 Å². The smallest absolute Gasteiger partial charge is 0.123 e. The molecule has 0 saturated carbocycles. The minimum absolute atomic E-state index is 0.246. The zero-order valence-electron chi connectivity index (χ0n) is 9.81. The van der Waals surface area contributed by atoms with Gasteiger partial charge in [-0.05, 0) is 48.0 Å². The fourth-order valence-electron chi connectivity index (χ4n) is 1.84. The summed E-state index contributed by atoms with van der Waals surface area (Å²) in [5.74, 6) is -0.246. The van der Waals surface area contributed by atoms with Crippen LogP contribution in [0.25, 0.3) is 11.1 Å². The second kappa shape index (κ2) is 5.70. The fraction of sp³-hybridized carbons (Fsp3) is 0.143. The zero-order valence-corrected chi connectivity index (χ0v) is 11.3. The van der Waals surface area contributed by atoms with Gasteiger partial charge >= 0.3 is 0 Å². The van der Waals surface area contributed by atoms with Crippen LogP contribution in [0.15, 0.2) is 36.4 Å². The Bertz CT molecular complexity index is 570. The number of hydrogen-bond donors (Lipinski definition) is 1. The Labute approximate surface area is 116 Å². The van der Waals surface area contributed by atoms with Crippen LogP contribution in [0.1, 0.15) is 5.56 Å². The van der Waals surface area contributed by atoms with Gasteiger partial charge in [0.25, 0.3) is 0 Å². The molecule has 0 fully saturated rings. The summed E-state index contributed by atoms with van der Waals surface area (Å²) in [7, 11) is 1.82. The van der Waals surface area contributed by atoms with Crippen molar-refractivity contribution >= 4 is 23.2 Å². The van der Waals surface area contributed by atoms with Crippen molar-refractivity contribution in [1.29, 1.82) is 0 Å². The molecule has 94 valence electrons. The fourth-order valence-corrected chi connectivity index (χ4v) is 2.14. The first kappa shape index (κ1) is 13.3. The topological polar surface area (TPSA) is 12.0 Å². The molecular weight excluding hydrogens is 272 g/mol. The van der Waals surface area contributed by atoms with Crippen LogP contribution in [0, 0.1) is 5.82 Å². The average Bonchev–Trinajstić information content (AvgIpc) is 2.34. The molecule has 2 aromatic rings. The number of benzene rings is 2. The van der Waals surface area contributed by atoms with Gasteiger partial charge in [-0.15, -0.1) is 0 Å². The van der Waals surface area contributed by atoms with E-state index in [1.807, 2.05) is 13.1 Å². The maximum atomic E-state index is 13.3. The van der Waals surface area contributed by atoms with Gasteiger partial charge in [0.1, 0.15) is 5.82 Å². The predicted molar refractivity (Wildman–Crippen MR) is 74.6 cm³/mol. The minimum atomic E-state index is -0.246. The van der Waals surface area contributed by atoms with E-state index in [0.717, 1.165) is 16.7 Å². The van der Waals surface area contributed by atoms with Gasteiger partial charge in [-0.3, -0.25) is 0 Å². The Kier molecular flexibility index (Phi) is 4.23. The average molecular weight is 284 g/mol. The highest BCUT2D eigenvalue weighted by Crippen LogP contribution is 2.30. The van der Waals surface area contributed by atoms with Gasteiger partial charge in [0.2, 0.25) is 0 Å². The van der Waals surface area contributed by atoms with E-state index < -0.39 is 0 Å². The van der Waals surface area contributed by atoms with Gasteiger partial charge in [-0.1, -0.05) is 35.3 Å². The Morgan fingerprint density at radius 1 is 1.06 bits per heavy atom. The van der Waals surface area contributed by atoms with Gasteiger partial charge < -0.3 is 5.32 Å². The molecule has 0 saturated heterocycles. The quantitative estimate of drug-likeness (QED) is 0.873. The highest BCUT2D eigenvalue weighted by molar-refractivity contribution is 6.42. The van der Waals surface area contributed by atoms with Gasteiger partial charge in [0, 0.05) is 6.54 Å². The van der Waals surface area contributed by atoms with Gasteiger partial charge in [0.15, 0.2) is 0 Å². The molecule has 0 amide bonds. The third-order valence-corrected chi connectivity index (χ3v) is 3.40.